The first-order valence-corrected chi connectivity index (χ1v) is 9.23. The zero-order valence-electron chi connectivity index (χ0n) is 14.1. The van der Waals surface area contributed by atoms with E-state index >= 15 is 0 Å². The summed E-state index contributed by atoms with van der Waals surface area (Å²) in [7, 11) is 0. The molecule has 0 saturated heterocycles. The Hall–Kier alpha value is -1.98. The second-order valence-corrected chi connectivity index (χ2v) is 7.20. The van der Waals surface area contributed by atoms with Crippen LogP contribution in [0.2, 0.25) is 0 Å². The average molecular weight is 343 g/mol. The van der Waals surface area contributed by atoms with Gasteiger partial charge in [-0.2, -0.15) is 11.8 Å². The van der Waals surface area contributed by atoms with Gasteiger partial charge >= 0.3 is 0 Å². The largest absolute Gasteiger partial charge is 0.450 e. The smallest absolute Gasteiger partial charge is 0.287 e. The van der Waals surface area contributed by atoms with E-state index in [1.54, 1.807) is 6.92 Å². The molecule has 0 aliphatic heterocycles. The third-order valence-electron chi connectivity index (χ3n) is 4.12. The lowest BCUT2D eigenvalue weighted by atomic mass is 10.1. The summed E-state index contributed by atoms with van der Waals surface area (Å²) in [5.74, 6) is 0.562. The van der Waals surface area contributed by atoms with Gasteiger partial charge in [-0.3, -0.25) is 4.79 Å². The molecule has 1 amide bonds. The number of fused-ring (bicyclic) bond motifs is 3. The van der Waals surface area contributed by atoms with Crippen LogP contribution in [-0.4, -0.2) is 35.2 Å². The summed E-state index contributed by atoms with van der Waals surface area (Å²) in [6.07, 6.45) is 1.92. The summed E-state index contributed by atoms with van der Waals surface area (Å²) in [5.41, 5.74) is 0.603. The van der Waals surface area contributed by atoms with Gasteiger partial charge in [-0.1, -0.05) is 36.4 Å². The molecular weight excluding hydrogens is 322 g/mol. The Balaban J connectivity index is 1.93. The third kappa shape index (κ3) is 3.14. The predicted molar refractivity (Wildman–Crippen MR) is 99.8 cm³/mol. The number of rotatable bonds is 5. The van der Waals surface area contributed by atoms with Crippen LogP contribution >= 0.6 is 11.8 Å². The maximum absolute atomic E-state index is 12.5. The van der Waals surface area contributed by atoms with E-state index in [4.69, 9.17) is 4.42 Å². The normalized spacial score (nSPS) is 14.0. The number of amides is 1. The highest BCUT2D eigenvalue weighted by molar-refractivity contribution is 7.98. The Morgan fingerprint density at radius 2 is 2.00 bits per heavy atom. The maximum Gasteiger partial charge on any atom is 0.287 e. The molecule has 4 nitrogen and oxygen atoms in total. The molecule has 1 unspecified atom stereocenters. The van der Waals surface area contributed by atoms with Crippen LogP contribution in [0.15, 0.2) is 40.8 Å². The van der Waals surface area contributed by atoms with Gasteiger partial charge < -0.3 is 14.8 Å². The Bertz CT molecular complexity index is 898. The fourth-order valence-electron chi connectivity index (χ4n) is 2.88. The molecule has 0 bridgehead atoms. The number of hydrogen-bond acceptors (Lipinski definition) is 4. The lowest BCUT2D eigenvalue weighted by molar-refractivity contribution is 0.0710. The van der Waals surface area contributed by atoms with Gasteiger partial charge in [0, 0.05) is 28.6 Å². The van der Waals surface area contributed by atoms with Crippen molar-refractivity contribution in [3.8, 4) is 0 Å². The lowest BCUT2D eigenvalue weighted by Gasteiger charge is -2.22. The van der Waals surface area contributed by atoms with E-state index in [0.717, 1.165) is 27.3 Å². The van der Waals surface area contributed by atoms with E-state index in [0.29, 0.717) is 11.5 Å². The summed E-state index contributed by atoms with van der Waals surface area (Å²) in [6, 6.07) is 12.0. The van der Waals surface area contributed by atoms with E-state index < -0.39 is 5.60 Å². The fraction of sp³-hybridized carbons (Fsp3) is 0.316. The number of aryl methyl sites for hydroxylation is 1. The molecule has 2 N–H and O–H groups in total. The first-order valence-electron chi connectivity index (χ1n) is 7.83. The summed E-state index contributed by atoms with van der Waals surface area (Å²) in [4.78, 5) is 12.5. The second-order valence-electron chi connectivity index (χ2n) is 6.33. The van der Waals surface area contributed by atoms with Gasteiger partial charge in [-0.15, -0.1) is 0 Å². The van der Waals surface area contributed by atoms with Gasteiger partial charge in [0.25, 0.3) is 5.91 Å². The van der Waals surface area contributed by atoms with Crippen molar-refractivity contribution < 1.29 is 14.3 Å². The highest BCUT2D eigenvalue weighted by Crippen LogP contribution is 2.31. The Morgan fingerprint density at radius 1 is 1.25 bits per heavy atom. The number of hydrogen-bond donors (Lipinski definition) is 2. The second kappa shape index (κ2) is 6.49. The van der Waals surface area contributed by atoms with E-state index in [1.165, 1.54) is 11.8 Å². The van der Waals surface area contributed by atoms with Crippen LogP contribution in [0.1, 0.15) is 23.0 Å². The van der Waals surface area contributed by atoms with E-state index in [1.807, 2.05) is 49.6 Å². The number of furan rings is 1. The monoisotopic (exact) mass is 343 g/mol. The minimum absolute atomic E-state index is 0.184. The summed E-state index contributed by atoms with van der Waals surface area (Å²) in [5, 5.41) is 16.0. The molecule has 1 atom stereocenters. The minimum Gasteiger partial charge on any atom is -0.450 e. The number of thioether (sulfide) groups is 1. The van der Waals surface area contributed by atoms with Crippen LogP contribution in [0.5, 0.6) is 0 Å². The Morgan fingerprint density at radius 3 is 2.75 bits per heavy atom. The number of nitrogens with one attached hydrogen (secondary N) is 1. The molecule has 2 aromatic carbocycles. The maximum atomic E-state index is 12.5. The number of carbonyl (C=O) groups excluding carboxylic acids is 1. The molecule has 0 aliphatic carbocycles. The van der Waals surface area contributed by atoms with Gasteiger partial charge in [0.15, 0.2) is 5.76 Å². The summed E-state index contributed by atoms with van der Waals surface area (Å²) < 4.78 is 5.90. The van der Waals surface area contributed by atoms with E-state index in [-0.39, 0.29) is 12.5 Å². The van der Waals surface area contributed by atoms with Crippen LogP contribution in [0.3, 0.4) is 0 Å². The molecule has 3 rings (SSSR count). The zero-order chi connectivity index (χ0) is 17.3. The molecule has 0 radical (unpaired) electrons. The molecule has 0 spiro atoms. The highest BCUT2D eigenvalue weighted by Gasteiger charge is 2.24. The SMILES string of the molecule is CSCC(C)(O)CNC(=O)c1oc2c(ccc3ccccc32)c1C. The van der Waals surface area contributed by atoms with Crippen molar-refractivity contribution in [1.29, 1.82) is 0 Å². The van der Waals surface area contributed by atoms with Crippen LogP contribution in [0, 0.1) is 6.92 Å². The summed E-state index contributed by atoms with van der Waals surface area (Å²) in [6.45, 7) is 3.78. The molecule has 5 heteroatoms. The van der Waals surface area contributed by atoms with Gasteiger partial charge in [0.1, 0.15) is 5.58 Å². The van der Waals surface area contributed by atoms with Crippen molar-refractivity contribution in [2.75, 3.05) is 18.6 Å². The molecule has 0 fully saturated rings. The minimum atomic E-state index is -0.943. The van der Waals surface area contributed by atoms with Gasteiger partial charge in [0.05, 0.1) is 5.60 Å². The standard InChI is InChI=1S/C19H21NO3S/c1-12-14-9-8-13-6-4-5-7-15(13)17(14)23-16(12)18(21)20-10-19(2,22)11-24-3/h4-9,22H,10-11H2,1-3H3,(H,20,21). The van der Waals surface area contributed by atoms with E-state index in [9.17, 15) is 9.90 Å². The van der Waals surface area contributed by atoms with Crippen molar-refractivity contribution in [3.05, 3.63) is 47.7 Å². The molecular formula is C19H21NO3S. The van der Waals surface area contributed by atoms with E-state index in [2.05, 4.69) is 5.32 Å². The zero-order valence-corrected chi connectivity index (χ0v) is 14.9. The van der Waals surface area contributed by atoms with Crippen molar-refractivity contribution in [2.45, 2.75) is 19.4 Å². The summed E-state index contributed by atoms with van der Waals surface area (Å²) >= 11 is 1.54. The fourth-order valence-corrected chi connectivity index (χ4v) is 3.60. The topological polar surface area (TPSA) is 62.5 Å². The number of carbonyl (C=O) groups is 1. The lowest BCUT2D eigenvalue weighted by Crippen LogP contribution is -2.42. The molecule has 126 valence electrons. The van der Waals surface area contributed by atoms with Gasteiger partial charge in [0.2, 0.25) is 0 Å². The third-order valence-corrected chi connectivity index (χ3v) is 5.03. The molecule has 24 heavy (non-hydrogen) atoms. The quantitative estimate of drug-likeness (QED) is 0.741. The van der Waals surface area contributed by atoms with Gasteiger partial charge in [-0.25, -0.2) is 0 Å². The molecule has 1 heterocycles. The highest BCUT2D eigenvalue weighted by atomic mass is 32.2. The average Bonchev–Trinajstić information content (AvgIpc) is 2.90. The number of aliphatic hydroxyl groups is 1. The molecule has 0 aliphatic rings. The van der Waals surface area contributed by atoms with Crippen molar-refractivity contribution >= 4 is 39.4 Å². The molecule has 0 saturated carbocycles. The molecule has 3 aromatic rings. The van der Waals surface area contributed by atoms with Crippen LogP contribution in [0.25, 0.3) is 21.7 Å². The predicted octanol–water partition coefficient (Wildman–Crippen LogP) is 3.74. The first kappa shape index (κ1) is 16.9. The van der Waals surface area contributed by atoms with Crippen molar-refractivity contribution in [2.24, 2.45) is 0 Å². The number of benzene rings is 2. The van der Waals surface area contributed by atoms with Gasteiger partial charge in [-0.05, 0) is 25.5 Å². The van der Waals surface area contributed by atoms with Crippen molar-refractivity contribution in [1.82, 2.24) is 5.32 Å². The molecule has 1 aromatic heterocycles. The Labute approximate surface area is 145 Å². The van der Waals surface area contributed by atoms with Crippen molar-refractivity contribution in [3.63, 3.8) is 0 Å². The first-order chi connectivity index (χ1) is 11.4. The Kier molecular flexibility index (Phi) is 4.56. The van der Waals surface area contributed by atoms with Crippen LogP contribution in [-0.2, 0) is 0 Å². The van der Waals surface area contributed by atoms with Crippen LogP contribution < -0.4 is 5.32 Å². The van der Waals surface area contributed by atoms with Crippen LogP contribution in [0.4, 0.5) is 0 Å².